The summed E-state index contributed by atoms with van der Waals surface area (Å²) in [6.07, 6.45) is 0. The average Bonchev–Trinajstić information content (AvgIpc) is 2.83. The van der Waals surface area contributed by atoms with Gasteiger partial charge < -0.3 is 20.0 Å². The number of hydrogen-bond donors (Lipinski definition) is 2. The lowest BCUT2D eigenvalue weighted by atomic mass is 10.4. The molecule has 0 aliphatic carbocycles. The molecule has 0 spiro atoms. The van der Waals surface area contributed by atoms with Crippen molar-refractivity contribution in [1.82, 2.24) is 20.4 Å². The van der Waals surface area contributed by atoms with E-state index >= 15 is 0 Å². The Bertz CT molecular complexity index is 387. The van der Waals surface area contributed by atoms with Crippen molar-refractivity contribution in [3.05, 3.63) is 5.89 Å². The summed E-state index contributed by atoms with van der Waals surface area (Å²) in [4.78, 5) is 13.5. The Morgan fingerprint density at radius 2 is 2.00 bits per heavy atom. The van der Waals surface area contributed by atoms with Crippen molar-refractivity contribution >= 4 is 11.9 Å². The molecular weight excluding hydrogens is 246 g/mol. The van der Waals surface area contributed by atoms with Crippen LogP contribution in [-0.4, -0.2) is 46.7 Å². The molecule has 0 aliphatic rings. The van der Waals surface area contributed by atoms with Gasteiger partial charge in [0.1, 0.15) is 0 Å². The Labute approximate surface area is 113 Å². The van der Waals surface area contributed by atoms with E-state index in [0.717, 1.165) is 0 Å². The molecule has 19 heavy (non-hydrogen) atoms. The quantitative estimate of drug-likeness (QED) is 0.728. The van der Waals surface area contributed by atoms with Gasteiger partial charge in [0.2, 0.25) is 11.8 Å². The van der Waals surface area contributed by atoms with Gasteiger partial charge in [0.25, 0.3) is 0 Å². The lowest BCUT2D eigenvalue weighted by Crippen LogP contribution is -2.35. The maximum absolute atomic E-state index is 11.8. The van der Waals surface area contributed by atoms with Gasteiger partial charge in [-0.15, -0.1) is 5.10 Å². The Kier molecular flexibility index (Phi) is 6.27. The number of hydrogen-bond acceptors (Lipinski definition) is 6. The monoisotopic (exact) mass is 269 g/mol. The first-order valence-corrected chi connectivity index (χ1v) is 6.64. The molecule has 0 atom stereocenters. The van der Waals surface area contributed by atoms with E-state index in [4.69, 9.17) is 4.42 Å². The van der Waals surface area contributed by atoms with Crippen LogP contribution in [0, 0.1) is 0 Å². The van der Waals surface area contributed by atoms with E-state index in [2.05, 4.69) is 20.8 Å². The van der Waals surface area contributed by atoms with Gasteiger partial charge in [-0.3, -0.25) is 4.79 Å². The third-order valence-corrected chi connectivity index (χ3v) is 2.64. The molecule has 1 amide bonds. The number of carbonyl (C=O) groups excluding carboxylic acids is 1. The number of nitrogens with zero attached hydrogens (tertiary/aromatic N) is 3. The molecule has 0 aromatic carbocycles. The number of likely N-dealkylation sites (N-methyl/N-ethyl adjacent to an activating group) is 1. The average molecular weight is 269 g/mol. The van der Waals surface area contributed by atoms with Crippen LogP contribution in [0.25, 0.3) is 0 Å². The van der Waals surface area contributed by atoms with E-state index in [-0.39, 0.29) is 18.5 Å². The molecule has 0 bridgehead atoms. The van der Waals surface area contributed by atoms with Crippen molar-refractivity contribution in [1.29, 1.82) is 0 Å². The van der Waals surface area contributed by atoms with E-state index in [1.807, 2.05) is 27.7 Å². The fraction of sp³-hybridized carbons (Fsp3) is 0.750. The number of aromatic nitrogens is 2. The molecule has 0 saturated heterocycles. The van der Waals surface area contributed by atoms with Gasteiger partial charge >= 0.3 is 6.01 Å². The van der Waals surface area contributed by atoms with Gasteiger partial charge in [-0.1, -0.05) is 18.9 Å². The number of amides is 1. The summed E-state index contributed by atoms with van der Waals surface area (Å²) in [5, 5.41) is 13.7. The van der Waals surface area contributed by atoms with Gasteiger partial charge in [0, 0.05) is 19.1 Å². The van der Waals surface area contributed by atoms with Crippen LogP contribution in [0.4, 0.5) is 6.01 Å². The highest BCUT2D eigenvalue weighted by molar-refractivity contribution is 5.80. The van der Waals surface area contributed by atoms with Crippen molar-refractivity contribution in [3.63, 3.8) is 0 Å². The largest absolute Gasteiger partial charge is 0.407 e. The summed E-state index contributed by atoms with van der Waals surface area (Å²) < 4.78 is 5.36. The van der Waals surface area contributed by atoms with Crippen molar-refractivity contribution in [3.8, 4) is 0 Å². The smallest absolute Gasteiger partial charge is 0.315 e. The predicted octanol–water partition coefficient (Wildman–Crippen LogP) is 0.848. The van der Waals surface area contributed by atoms with E-state index in [9.17, 15) is 4.79 Å². The molecule has 1 rings (SSSR count). The minimum absolute atomic E-state index is 0.0186. The van der Waals surface area contributed by atoms with Gasteiger partial charge in [-0.2, -0.15) is 0 Å². The van der Waals surface area contributed by atoms with E-state index in [1.54, 1.807) is 4.90 Å². The second-order valence-corrected chi connectivity index (χ2v) is 4.46. The first kappa shape index (κ1) is 15.4. The molecule has 0 fully saturated rings. The summed E-state index contributed by atoms with van der Waals surface area (Å²) in [6.45, 7) is 10.1. The van der Waals surface area contributed by atoms with Crippen LogP contribution >= 0.6 is 0 Å². The maximum atomic E-state index is 11.8. The lowest BCUT2D eigenvalue weighted by molar-refractivity contribution is -0.128. The summed E-state index contributed by atoms with van der Waals surface area (Å²) >= 11 is 0. The molecule has 1 heterocycles. The summed E-state index contributed by atoms with van der Waals surface area (Å²) in [7, 11) is 0. The van der Waals surface area contributed by atoms with Crippen molar-refractivity contribution in [2.45, 2.75) is 40.3 Å². The molecule has 0 saturated carbocycles. The number of rotatable bonds is 8. The predicted molar refractivity (Wildman–Crippen MR) is 72.7 cm³/mol. The zero-order chi connectivity index (χ0) is 14.3. The molecule has 1 aromatic rings. The summed E-state index contributed by atoms with van der Waals surface area (Å²) in [6, 6.07) is 0.633. The standard InChI is InChI=1S/C12H23N5O2/c1-5-17(6-2)11(18)8-14-12-16-15-10(19-12)7-13-9(3)4/h9,13H,5-8H2,1-4H3,(H,14,16). The highest BCUT2D eigenvalue weighted by Gasteiger charge is 2.11. The Balaban J connectivity index is 2.39. The molecule has 0 aliphatic heterocycles. The van der Waals surface area contributed by atoms with Crippen LogP contribution in [-0.2, 0) is 11.3 Å². The first-order valence-electron chi connectivity index (χ1n) is 6.64. The van der Waals surface area contributed by atoms with E-state index in [0.29, 0.717) is 31.6 Å². The normalized spacial score (nSPS) is 10.8. The zero-order valence-corrected chi connectivity index (χ0v) is 12.1. The van der Waals surface area contributed by atoms with Crippen LogP contribution < -0.4 is 10.6 Å². The second kappa shape index (κ2) is 7.73. The molecular formula is C12H23N5O2. The first-order chi connectivity index (χ1) is 9.06. The van der Waals surface area contributed by atoms with Crippen LogP contribution in [0.15, 0.2) is 4.42 Å². The molecule has 0 unspecified atom stereocenters. The van der Waals surface area contributed by atoms with Crippen molar-refractivity contribution < 1.29 is 9.21 Å². The van der Waals surface area contributed by atoms with Gasteiger partial charge in [-0.05, 0) is 13.8 Å². The minimum Gasteiger partial charge on any atom is -0.407 e. The molecule has 7 heteroatoms. The van der Waals surface area contributed by atoms with Gasteiger partial charge in [0.05, 0.1) is 13.1 Å². The van der Waals surface area contributed by atoms with Crippen LogP contribution in [0.5, 0.6) is 0 Å². The highest BCUT2D eigenvalue weighted by atomic mass is 16.4. The zero-order valence-electron chi connectivity index (χ0n) is 12.1. The van der Waals surface area contributed by atoms with Gasteiger partial charge in [-0.25, -0.2) is 0 Å². The van der Waals surface area contributed by atoms with Gasteiger partial charge in [0.15, 0.2) is 0 Å². The third kappa shape index (κ3) is 5.25. The SMILES string of the molecule is CCN(CC)C(=O)CNc1nnc(CNC(C)C)o1. The minimum atomic E-state index is 0.0186. The number of anilines is 1. The second-order valence-electron chi connectivity index (χ2n) is 4.46. The summed E-state index contributed by atoms with van der Waals surface area (Å²) in [5.74, 6) is 0.525. The molecule has 2 N–H and O–H groups in total. The maximum Gasteiger partial charge on any atom is 0.315 e. The molecule has 0 radical (unpaired) electrons. The number of nitrogens with one attached hydrogen (secondary N) is 2. The fourth-order valence-corrected chi connectivity index (χ4v) is 1.53. The van der Waals surface area contributed by atoms with E-state index in [1.165, 1.54) is 0 Å². The molecule has 108 valence electrons. The van der Waals surface area contributed by atoms with E-state index < -0.39 is 0 Å². The Hall–Kier alpha value is -1.63. The molecule has 7 nitrogen and oxygen atoms in total. The van der Waals surface area contributed by atoms with Crippen molar-refractivity contribution in [2.75, 3.05) is 25.0 Å². The highest BCUT2D eigenvalue weighted by Crippen LogP contribution is 2.05. The molecule has 1 aromatic heterocycles. The Morgan fingerprint density at radius 3 is 2.58 bits per heavy atom. The summed E-state index contributed by atoms with van der Waals surface area (Å²) in [5.41, 5.74) is 0. The lowest BCUT2D eigenvalue weighted by Gasteiger charge is -2.18. The van der Waals surface area contributed by atoms with Crippen LogP contribution in [0.3, 0.4) is 0 Å². The topological polar surface area (TPSA) is 83.3 Å². The fourth-order valence-electron chi connectivity index (χ4n) is 1.53. The Morgan fingerprint density at radius 1 is 1.32 bits per heavy atom. The number of carbonyl (C=O) groups is 1. The van der Waals surface area contributed by atoms with Crippen LogP contribution in [0.2, 0.25) is 0 Å². The van der Waals surface area contributed by atoms with Crippen molar-refractivity contribution in [2.24, 2.45) is 0 Å². The third-order valence-electron chi connectivity index (χ3n) is 2.64. The van der Waals surface area contributed by atoms with Crippen LogP contribution in [0.1, 0.15) is 33.6 Å².